The summed E-state index contributed by atoms with van der Waals surface area (Å²) in [5.41, 5.74) is -0.609. The number of hydrogen-bond acceptors (Lipinski definition) is 4. The number of carboxylic acids is 2. The van der Waals surface area contributed by atoms with Gasteiger partial charge in [-0.2, -0.15) is 10.5 Å². The third-order valence-electron chi connectivity index (χ3n) is 3.08. The topological polar surface area (TPSA) is 122 Å². The molecule has 0 aliphatic heterocycles. The number of aromatic carboxylic acids is 2. The summed E-state index contributed by atoms with van der Waals surface area (Å²) in [5, 5.41) is 37.0. The largest absolute Gasteiger partial charge is 0.478 e. The minimum atomic E-state index is -1.31. The fraction of sp³-hybridized carbons (Fsp3) is 0. The van der Waals surface area contributed by atoms with Gasteiger partial charge in [-0.05, 0) is 24.3 Å². The van der Waals surface area contributed by atoms with Gasteiger partial charge in [0.05, 0.1) is 34.4 Å². The molecule has 0 bridgehead atoms. The molecule has 0 aliphatic rings. The standard InChI is InChI=1S/C16H8N2O4/c17-7-9-3-1-5-11(15(19)20)13(9)14-10(8-18)4-2-6-12(14)16(21)22/h1-6H,(H,19,20)(H,21,22). The Labute approximate surface area is 125 Å². The average molecular weight is 292 g/mol. The number of hydrogen-bond donors (Lipinski definition) is 2. The Hall–Kier alpha value is -3.64. The molecule has 0 amide bonds. The van der Waals surface area contributed by atoms with Gasteiger partial charge < -0.3 is 10.2 Å². The van der Waals surface area contributed by atoms with Gasteiger partial charge in [-0.15, -0.1) is 0 Å². The lowest BCUT2D eigenvalue weighted by molar-refractivity contribution is 0.0684. The Balaban J connectivity index is 3.01. The molecular weight excluding hydrogens is 284 g/mol. The maximum Gasteiger partial charge on any atom is 0.336 e. The highest BCUT2D eigenvalue weighted by molar-refractivity contribution is 6.04. The lowest BCUT2D eigenvalue weighted by Gasteiger charge is -2.13. The summed E-state index contributed by atoms with van der Waals surface area (Å²) in [5.74, 6) is -2.62. The fourth-order valence-electron chi connectivity index (χ4n) is 2.19. The number of carboxylic acid groups (broad SMARTS) is 2. The first-order chi connectivity index (χ1) is 10.5. The first-order valence-corrected chi connectivity index (χ1v) is 6.04. The summed E-state index contributed by atoms with van der Waals surface area (Å²) >= 11 is 0. The molecule has 2 aromatic carbocycles. The molecule has 106 valence electrons. The van der Waals surface area contributed by atoms with Crippen LogP contribution in [0.5, 0.6) is 0 Å². The van der Waals surface area contributed by atoms with Crippen LogP contribution >= 0.6 is 0 Å². The fourth-order valence-corrected chi connectivity index (χ4v) is 2.19. The molecule has 0 unspecified atom stereocenters. The quantitative estimate of drug-likeness (QED) is 0.896. The van der Waals surface area contributed by atoms with Crippen molar-refractivity contribution < 1.29 is 19.8 Å². The lowest BCUT2D eigenvalue weighted by Crippen LogP contribution is -2.07. The van der Waals surface area contributed by atoms with Crippen LogP contribution in [0.3, 0.4) is 0 Å². The number of rotatable bonds is 3. The Morgan fingerprint density at radius 1 is 0.773 bits per heavy atom. The summed E-state index contributed by atoms with van der Waals surface area (Å²) in [4.78, 5) is 22.8. The summed E-state index contributed by atoms with van der Waals surface area (Å²) in [6.45, 7) is 0. The van der Waals surface area contributed by atoms with Crippen molar-refractivity contribution in [2.45, 2.75) is 0 Å². The van der Waals surface area contributed by atoms with Crippen LogP contribution < -0.4 is 0 Å². The molecule has 22 heavy (non-hydrogen) atoms. The molecule has 0 aromatic heterocycles. The molecule has 0 saturated heterocycles. The Bertz CT molecular complexity index is 799. The van der Waals surface area contributed by atoms with Crippen LogP contribution in [-0.2, 0) is 0 Å². The number of nitrogens with zero attached hydrogens (tertiary/aromatic N) is 2. The number of carbonyl (C=O) groups is 2. The van der Waals surface area contributed by atoms with E-state index in [1.54, 1.807) is 0 Å². The molecule has 0 heterocycles. The zero-order valence-corrected chi connectivity index (χ0v) is 11.1. The molecule has 6 heteroatoms. The van der Waals surface area contributed by atoms with E-state index >= 15 is 0 Å². The summed E-state index contributed by atoms with van der Waals surface area (Å²) < 4.78 is 0. The minimum Gasteiger partial charge on any atom is -0.478 e. The van der Waals surface area contributed by atoms with E-state index in [9.17, 15) is 30.3 Å². The highest BCUT2D eigenvalue weighted by atomic mass is 16.4. The molecule has 6 nitrogen and oxygen atoms in total. The second-order valence-corrected chi connectivity index (χ2v) is 4.29. The summed E-state index contributed by atoms with van der Waals surface area (Å²) in [7, 11) is 0. The molecule has 2 aromatic rings. The molecule has 0 spiro atoms. The molecule has 2 N–H and O–H groups in total. The summed E-state index contributed by atoms with van der Waals surface area (Å²) in [6.07, 6.45) is 0. The second kappa shape index (κ2) is 5.78. The van der Waals surface area contributed by atoms with Crippen LogP contribution in [0, 0.1) is 22.7 Å². The first kappa shape index (κ1) is 14.8. The van der Waals surface area contributed by atoms with Gasteiger partial charge >= 0.3 is 11.9 Å². The highest BCUT2D eigenvalue weighted by Crippen LogP contribution is 2.33. The Kier molecular flexibility index (Phi) is 3.88. The second-order valence-electron chi connectivity index (χ2n) is 4.29. The van der Waals surface area contributed by atoms with E-state index < -0.39 is 11.9 Å². The predicted molar refractivity (Wildman–Crippen MR) is 75.2 cm³/mol. The Morgan fingerprint density at radius 3 is 1.41 bits per heavy atom. The van der Waals surface area contributed by atoms with Crippen LogP contribution in [0.15, 0.2) is 36.4 Å². The molecular formula is C16H8N2O4. The Morgan fingerprint density at radius 2 is 1.14 bits per heavy atom. The van der Waals surface area contributed by atoms with Gasteiger partial charge in [0.25, 0.3) is 0 Å². The van der Waals surface area contributed by atoms with Gasteiger partial charge in [-0.1, -0.05) is 12.1 Å². The minimum absolute atomic E-state index is 0.00917. The third-order valence-corrected chi connectivity index (χ3v) is 3.08. The molecule has 2 rings (SSSR count). The van der Waals surface area contributed by atoms with Gasteiger partial charge in [0, 0.05) is 11.1 Å². The van der Waals surface area contributed by atoms with Crippen molar-refractivity contribution in [2.24, 2.45) is 0 Å². The van der Waals surface area contributed by atoms with Gasteiger partial charge in [0.2, 0.25) is 0 Å². The average Bonchev–Trinajstić information content (AvgIpc) is 2.52. The highest BCUT2D eigenvalue weighted by Gasteiger charge is 2.23. The normalized spacial score (nSPS) is 9.55. The zero-order valence-electron chi connectivity index (χ0n) is 11.1. The van der Waals surface area contributed by atoms with E-state index in [0.29, 0.717) is 0 Å². The summed E-state index contributed by atoms with van der Waals surface area (Å²) in [6, 6.07) is 11.7. The molecule has 0 aliphatic carbocycles. The van der Waals surface area contributed by atoms with Crippen molar-refractivity contribution in [3.63, 3.8) is 0 Å². The van der Waals surface area contributed by atoms with Crippen LogP contribution in [0.2, 0.25) is 0 Å². The number of nitriles is 2. The van der Waals surface area contributed by atoms with Gasteiger partial charge in [-0.3, -0.25) is 0 Å². The monoisotopic (exact) mass is 292 g/mol. The molecule has 0 radical (unpaired) electrons. The van der Waals surface area contributed by atoms with Crippen molar-refractivity contribution >= 4 is 11.9 Å². The van der Waals surface area contributed by atoms with Crippen molar-refractivity contribution in [3.8, 4) is 23.3 Å². The van der Waals surface area contributed by atoms with Gasteiger partial charge in [0.1, 0.15) is 0 Å². The van der Waals surface area contributed by atoms with Crippen LogP contribution in [0.1, 0.15) is 31.8 Å². The molecule has 0 fully saturated rings. The molecule has 0 saturated carbocycles. The van der Waals surface area contributed by atoms with E-state index in [1.807, 2.05) is 12.1 Å². The predicted octanol–water partition coefficient (Wildman–Crippen LogP) is 2.49. The first-order valence-electron chi connectivity index (χ1n) is 6.04. The van der Waals surface area contributed by atoms with Crippen LogP contribution in [0.25, 0.3) is 11.1 Å². The van der Waals surface area contributed by atoms with Gasteiger partial charge in [0.15, 0.2) is 0 Å². The number of benzene rings is 2. The lowest BCUT2D eigenvalue weighted by atomic mass is 9.88. The van der Waals surface area contributed by atoms with E-state index in [-0.39, 0.29) is 33.4 Å². The van der Waals surface area contributed by atoms with Gasteiger partial charge in [-0.25, -0.2) is 9.59 Å². The zero-order chi connectivity index (χ0) is 16.3. The van der Waals surface area contributed by atoms with E-state index in [4.69, 9.17) is 0 Å². The van der Waals surface area contributed by atoms with E-state index in [0.717, 1.165) is 0 Å². The third kappa shape index (κ3) is 2.37. The van der Waals surface area contributed by atoms with Crippen molar-refractivity contribution in [2.75, 3.05) is 0 Å². The van der Waals surface area contributed by atoms with Crippen LogP contribution in [0.4, 0.5) is 0 Å². The van der Waals surface area contributed by atoms with E-state index in [1.165, 1.54) is 36.4 Å². The molecule has 0 atom stereocenters. The SMILES string of the molecule is N#Cc1cccc(C(=O)O)c1-c1c(C#N)cccc1C(=O)O. The maximum atomic E-state index is 11.4. The smallest absolute Gasteiger partial charge is 0.336 e. The van der Waals surface area contributed by atoms with Crippen molar-refractivity contribution in [1.29, 1.82) is 10.5 Å². The maximum absolute atomic E-state index is 11.4. The van der Waals surface area contributed by atoms with E-state index in [2.05, 4.69) is 0 Å². The van der Waals surface area contributed by atoms with Crippen LogP contribution in [-0.4, -0.2) is 22.2 Å². The van der Waals surface area contributed by atoms with Crippen molar-refractivity contribution in [3.05, 3.63) is 58.7 Å². The van der Waals surface area contributed by atoms with Crippen molar-refractivity contribution in [1.82, 2.24) is 0 Å².